The molecule has 4 atom stereocenters. The second-order valence-electron chi connectivity index (χ2n) is 18.6. The molecule has 296 valence electrons. The molecule has 0 unspecified atom stereocenters. The van der Waals surface area contributed by atoms with Crippen molar-refractivity contribution in [2.45, 2.75) is 141 Å². The molecule has 0 amide bonds. The van der Waals surface area contributed by atoms with E-state index in [1.807, 2.05) is 0 Å². The van der Waals surface area contributed by atoms with E-state index in [0.717, 1.165) is 74.7 Å². The molecule has 4 heterocycles. The Bertz CT molecular complexity index is 1920. The van der Waals surface area contributed by atoms with E-state index in [1.54, 1.807) is 6.33 Å². The van der Waals surface area contributed by atoms with Crippen LogP contribution in [0.15, 0.2) is 36.8 Å². The van der Waals surface area contributed by atoms with Gasteiger partial charge in [0.1, 0.15) is 30.6 Å². The van der Waals surface area contributed by atoms with Gasteiger partial charge in [-0.15, -0.1) is 0 Å². The zero-order chi connectivity index (χ0) is 38.8. The van der Waals surface area contributed by atoms with Gasteiger partial charge in [-0.3, -0.25) is 0 Å². The van der Waals surface area contributed by atoms with Crippen LogP contribution in [0.2, 0.25) is 25.7 Å². The zero-order valence-electron chi connectivity index (χ0n) is 34.0. The summed E-state index contributed by atoms with van der Waals surface area (Å²) in [6.45, 7) is 21.5. The normalized spacial score (nSPS) is 22.6. The first-order chi connectivity index (χ1) is 25.6. The number of unbranched alkanes of at least 4 members (excludes halogenated alkanes) is 1. The van der Waals surface area contributed by atoms with Crippen LogP contribution in [-0.4, -0.2) is 90.2 Å². The highest BCUT2D eigenvalue weighted by atomic mass is 32.1. The van der Waals surface area contributed by atoms with E-state index in [0.29, 0.717) is 12.6 Å². The third-order valence-electron chi connectivity index (χ3n) is 11.3. The van der Waals surface area contributed by atoms with Crippen molar-refractivity contribution in [3.8, 4) is 0 Å². The number of hydrogen-bond acceptors (Lipinski definition) is 9. The molecule has 13 heteroatoms. The minimum Gasteiger partial charge on any atom is -0.361 e. The smallest absolute Gasteiger partial charge is 0.335 e. The van der Waals surface area contributed by atoms with Crippen molar-refractivity contribution >= 4 is 41.7 Å². The van der Waals surface area contributed by atoms with Gasteiger partial charge in [-0.1, -0.05) is 46.5 Å². The molecule has 0 N–H and O–H groups in total. The van der Waals surface area contributed by atoms with Crippen LogP contribution in [0.3, 0.4) is 0 Å². The van der Waals surface area contributed by atoms with Crippen molar-refractivity contribution < 1.29 is 22.6 Å². The van der Waals surface area contributed by atoms with E-state index >= 15 is 0 Å². The highest BCUT2D eigenvalue weighted by Gasteiger charge is 2.54. The fraction of sp³-hybridized carbons (Fsp3) is 0.683. The summed E-state index contributed by atoms with van der Waals surface area (Å²) in [6.07, 6.45) is 11.9. The third-order valence-corrected chi connectivity index (χ3v) is 13.0. The molecule has 2 saturated carbocycles. The number of hydrogen-bond donors (Lipinski definition) is 0. The van der Waals surface area contributed by atoms with Crippen LogP contribution in [0.4, 0.5) is 0 Å². The van der Waals surface area contributed by atoms with Crippen molar-refractivity contribution in [1.82, 2.24) is 29.0 Å². The first-order valence-electron chi connectivity index (χ1n) is 19.9. The van der Waals surface area contributed by atoms with Gasteiger partial charge in [-0.25, -0.2) is 15.0 Å². The molecule has 1 aliphatic heterocycles. The molecule has 0 radical (unpaired) electrons. The SMILES string of the molecule is CN(CCCCc1nc2cc(C(C)(C)C)ccc2n1COCC[Si](C)(C)C)C[C@H]1C[C@@H](n2ccc3c(CC4CC4)ncnc32)[C@@H]2OC(C)(C)O[C@H]12.O=S=O. The second-order valence-corrected chi connectivity index (χ2v) is 24.4. The first kappa shape index (κ1) is 40.8. The molecule has 3 aliphatic rings. The van der Waals surface area contributed by atoms with Crippen LogP contribution in [0.25, 0.3) is 22.1 Å². The molecule has 3 aromatic heterocycles. The van der Waals surface area contributed by atoms with E-state index in [4.69, 9.17) is 32.6 Å². The van der Waals surface area contributed by atoms with Crippen LogP contribution in [0.1, 0.15) is 89.8 Å². The minimum atomic E-state index is -1.15. The number of imidazole rings is 1. The predicted molar refractivity (Wildman–Crippen MR) is 217 cm³/mol. The largest absolute Gasteiger partial charge is 0.361 e. The van der Waals surface area contributed by atoms with Crippen molar-refractivity contribution in [3.05, 3.63) is 53.9 Å². The van der Waals surface area contributed by atoms with Crippen molar-refractivity contribution in [2.24, 2.45) is 11.8 Å². The lowest BCUT2D eigenvalue weighted by molar-refractivity contribution is -0.160. The molecular weight excluding hydrogens is 717 g/mol. The molecule has 11 nitrogen and oxygen atoms in total. The Balaban J connectivity index is 0.00000160. The summed E-state index contributed by atoms with van der Waals surface area (Å²) in [5, 5.41) is 1.20. The Labute approximate surface area is 326 Å². The Hall–Kier alpha value is -2.81. The summed E-state index contributed by atoms with van der Waals surface area (Å²) in [5.41, 5.74) is 5.89. The van der Waals surface area contributed by atoms with Crippen molar-refractivity contribution in [1.29, 1.82) is 0 Å². The van der Waals surface area contributed by atoms with E-state index in [2.05, 4.69) is 111 Å². The highest BCUT2D eigenvalue weighted by molar-refractivity contribution is 7.51. The van der Waals surface area contributed by atoms with Crippen LogP contribution in [0, 0.1) is 11.8 Å². The fourth-order valence-corrected chi connectivity index (χ4v) is 8.99. The van der Waals surface area contributed by atoms with Gasteiger partial charge in [0.2, 0.25) is 0 Å². The molecule has 0 spiro atoms. The van der Waals surface area contributed by atoms with Gasteiger partial charge >= 0.3 is 11.6 Å². The molecule has 7 rings (SSSR count). The molecule has 3 fully saturated rings. The second kappa shape index (κ2) is 16.7. The maximum atomic E-state index is 8.29. The summed E-state index contributed by atoms with van der Waals surface area (Å²) >= 11 is -0.750. The van der Waals surface area contributed by atoms with E-state index < -0.39 is 25.4 Å². The lowest BCUT2D eigenvalue weighted by Crippen LogP contribution is -2.34. The summed E-state index contributed by atoms with van der Waals surface area (Å²) in [6, 6.07) is 10.4. The average molecular weight is 779 g/mol. The standard InChI is InChI=1S/C41H62N6O3Si.O2S/c1-40(2,3)30-15-16-34-33(24-30)44-36(47(34)27-48-20-21-51(7,8)9)12-10-11-18-45(6)25-29-23-35(38-37(29)49-41(4,5)50-38)46-19-17-31-32(22-28-13-14-28)42-26-43-39(31)46;1-3-2/h15-17,19,24,26,28-29,35,37-38H,10-14,18,20-23,25,27H2,1-9H3;/t29-,35-,37-,38+;/m1./s1. The quantitative estimate of drug-likeness (QED) is 0.0885. The zero-order valence-corrected chi connectivity index (χ0v) is 35.8. The summed E-state index contributed by atoms with van der Waals surface area (Å²) in [5.74, 6) is 1.72. The van der Waals surface area contributed by atoms with E-state index in [9.17, 15) is 0 Å². The number of fused-ring (bicyclic) bond motifs is 3. The topological polar surface area (TPSA) is 114 Å². The van der Waals surface area contributed by atoms with Crippen LogP contribution < -0.4 is 0 Å². The summed E-state index contributed by atoms with van der Waals surface area (Å²) in [7, 11) is 1.12. The maximum absolute atomic E-state index is 8.29. The van der Waals surface area contributed by atoms with E-state index in [-0.39, 0.29) is 23.7 Å². The Morgan fingerprint density at radius 3 is 2.50 bits per heavy atom. The number of aryl methyl sites for hydroxylation is 1. The Kier molecular flexibility index (Phi) is 12.7. The molecular formula is C41H62N6O5SSi. The lowest BCUT2D eigenvalue weighted by Gasteiger charge is -2.27. The number of benzene rings is 1. The first-order valence-corrected chi connectivity index (χ1v) is 24.3. The molecule has 0 bridgehead atoms. The van der Waals surface area contributed by atoms with Gasteiger partial charge in [0.05, 0.1) is 28.9 Å². The number of nitrogens with zero attached hydrogens (tertiary/aromatic N) is 6. The molecule has 2 aliphatic carbocycles. The Morgan fingerprint density at radius 1 is 1.06 bits per heavy atom. The molecule has 1 aromatic carbocycles. The fourth-order valence-electron chi connectivity index (χ4n) is 8.23. The van der Waals surface area contributed by atoms with Crippen molar-refractivity contribution in [2.75, 3.05) is 26.7 Å². The average Bonchev–Trinajstić information content (AvgIpc) is 3.39. The summed E-state index contributed by atoms with van der Waals surface area (Å²) < 4.78 is 40.8. The van der Waals surface area contributed by atoms with Gasteiger partial charge in [0.25, 0.3) is 0 Å². The van der Waals surface area contributed by atoms with Gasteiger partial charge in [0.15, 0.2) is 5.79 Å². The van der Waals surface area contributed by atoms with Gasteiger partial charge in [-0.2, -0.15) is 8.42 Å². The van der Waals surface area contributed by atoms with Crippen LogP contribution in [-0.2, 0) is 50.8 Å². The molecule has 1 saturated heterocycles. The van der Waals surface area contributed by atoms with Gasteiger partial charge in [0, 0.05) is 45.1 Å². The van der Waals surface area contributed by atoms with Gasteiger partial charge < -0.3 is 28.2 Å². The predicted octanol–water partition coefficient (Wildman–Crippen LogP) is 7.71. The monoisotopic (exact) mass is 778 g/mol. The van der Waals surface area contributed by atoms with E-state index in [1.165, 1.54) is 41.0 Å². The number of ether oxygens (including phenoxy) is 3. The van der Waals surface area contributed by atoms with Crippen molar-refractivity contribution in [3.63, 3.8) is 0 Å². The number of rotatable bonds is 15. The number of aromatic nitrogens is 5. The Morgan fingerprint density at radius 2 is 1.80 bits per heavy atom. The summed E-state index contributed by atoms with van der Waals surface area (Å²) in [4.78, 5) is 17.1. The maximum Gasteiger partial charge on any atom is 0.335 e. The molecule has 4 aromatic rings. The van der Waals surface area contributed by atoms with Gasteiger partial charge in [-0.05, 0) is 107 Å². The van der Waals surface area contributed by atoms with Crippen LogP contribution in [0.5, 0.6) is 0 Å². The lowest BCUT2D eigenvalue weighted by atomic mass is 9.87. The molecule has 54 heavy (non-hydrogen) atoms. The minimum absolute atomic E-state index is 0.00982. The third kappa shape index (κ3) is 9.94. The van der Waals surface area contributed by atoms with Crippen LogP contribution >= 0.6 is 0 Å². The highest BCUT2D eigenvalue weighted by Crippen LogP contribution is 2.48.